The fraction of sp³-hybridized carbons (Fsp3) is 0.545. The third-order valence-electron chi connectivity index (χ3n) is 6.68. The van der Waals surface area contributed by atoms with E-state index >= 15 is 0 Å². The van der Waals surface area contributed by atoms with Crippen LogP contribution in [0.15, 0.2) is 18.2 Å². The van der Waals surface area contributed by atoms with Crippen LogP contribution in [-0.2, 0) is 9.59 Å². The van der Waals surface area contributed by atoms with Crippen molar-refractivity contribution in [3.8, 4) is 0 Å². The quantitative estimate of drug-likeness (QED) is 0.705. The molecule has 0 spiro atoms. The summed E-state index contributed by atoms with van der Waals surface area (Å²) in [4.78, 5) is 52.7. The summed E-state index contributed by atoms with van der Waals surface area (Å²) in [5.74, 6) is -0.992. The predicted molar refractivity (Wildman–Crippen MR) is 109 cm³/mol. The number of amides is 4. The molecule has 5 rings (SSSR count). The Morgan fingerprint density at radius 3 is 2.37 bits per heavy atom. The summed E-state index contributed by atoms with van der Waals surface area (Å²) >= 11 is 0. The van der Waals surface area contributed by atoms with Crippen molar-refractivity contribution in [3.63, 3.8) is 0 Å². The zero-order valence-electron chi connectivity index (χ0n) is 16.9. The van der Waals surface area contributed by atoms with Gasteiger partial charge in [-0.05, 0) is 62.8 Å². The minimum Gasteiger partial charge on any atom is -0.371 e. The smallest absolute Gasteiger partial charge is 0.262 e. The molecule has 1 aromatic carbocycles. The van der Waals surface area contributed by atoms with Gasteiger partial charge in [-0.2, -0.15) is 0 Å². The molecule has 1 unspecified atom stereocenters. The monoisotopic (exact) mass is 410 g/mol. The summed E-state index contributed by atoms with van der Waals surface area (Å²) in [5.41, 5.74) is 1.60. The van der Waals surface area contributed by atoms with E-state index in [9.17, 15) is 19.2 Å². The number of fused-ring (bicyclic) bond motifs is 1. The van der Waals surface area contributed by atoms with E-state index in [1.165, 1.54) is 12.8 Å². The molecule has 0 aromatic heterocycles. The van der Waals surface area contributed by atoms with Gasteiger partial charge < -0.3 is 10.2 Å². The molecule has 1 atom stereocenters. The van der Waals surface area contributed by atoms with Gasteiger partial charge in [0.1, 0.15) is 6.04 Å². The van der Waals surface area contributed by atoms with Gasteiger partial charge in [0.15, 0.2) is 0 Å². The van der Waals surface area contributed by atoms with Crippen LogP contribution in [0.2, 0.25) is 0 Å². The number of imide groups is 2. The number of nitrogens with zero attached hydrogens (tertiary/aromatic N) is 2. The summed E-state index contributed by atoms with van der Waals surface area (Å²) in [7, 11) is 0. The number of benzene rings is 1. The van der Waals surface area contributed by atoms with Gasteiger partial charge in [0.25, 0.3) is 11.8 Å². The van der Waals surface area contributed by atoms with Gasteiger partial charge in [0.05, 0.1) is 11.1 Å². The molecule has 0 bridgehead atoms. The first-order valence-corrected chi connectivity index (χ1v) is 10.8. The molecule has 8 nitrogen and oxygen atoms in total. The Morgan fingerprint density at radius 2 is 1.67 bits per heavy atom. The second kappa shape index (κ2) is 7.50. The first kappa shape index (κ1) is 19.2. The Balaban J connectivity index is 1.28. The number of piperidine rings is 2. The average Bonchev–Trinajstić information content (AvgIpc) is 3.54. The van der Waals surface area contributed by atoms with Crippen LogP contribution in [0.5, 0.6) is 0 Å². The third-order valence-corrected chi connectivity index (χ3v) is 6.68. The van der Waals surface area contributed by atoms with Crippen LogP contribution >= 0.6 is 0 Å². The SMILES string of the molecule is O=C1CCC(N2C(=O)c3ccc(N4CCC(NCC5CC5)CC4)cc3C2=O)C(=O)N1. The van der Waals surface area contributed by atoms with Crippen molar-refractivity contribution in [1.29, 1.82) is 0 Å². The molecule has 2 N–H and O–H groups in total. The third kappa shape index (κ3) is 3.49. The van der Waals surface area contributed by atoms with Crippen molar-refractivity contribution in [2.24, 2.45) is 5.92 Å². The molecule has 0 radical (unpaired) electrons. The van der Waals surface area contributed by atoms with Crippen LogP contribution < -0.4 is 15.5 Å². The number of carbonyl (C=O) groups is 4. The number of rotatable bonds is 5. The first-order valence-electron chi connectivity index (χ1n) is 10.8. The maximum atomic E-state index is 13.0. The highest BCUT2D eigenvalue weighted by Crippen LogP contribution is 2.32. The zero-order chi connectivity index (χ0) is 20.8. The molecular formula is C22H26N4O4. The number of hydrogen-bond acceptors (Lipinski definition) is 6. The molecular weight excluding hydrogens is 384 g/mol. The van der Waals surface area contributed by atoms with E-state index in [0.717, 1.165) is 49.0 Å². The normalized spacial score (nSPS) is 25.0. The van der Waals surface area contributed by atoms with E-state index in [2.05, 4.69) is 15.5 Å². The molecule has 1 saturated carbocycles. The molecule has 4 aliphatic rings. The minimum absolute atomic E-state index is 0.124. The number of carbonyl (C=O) groups excluding carboxylic acids is 4. The lowest BCUT2D eigenvalue weighted by molar-refractivity contribution is -0.136. The van der Waals surface area contributed by atoms with E-state index in [1.54, 1.807) is 12.1 Å². The summed E-state index contributed by atoms with van der Waals surface area (Å²) in [5, 5.41) is 5.89. The molecule has 30 heavy (non-hydrogen) atoms. The molecule has 2 saturated heterocycles. The second-order valence-corrected chi connectivity index (χ2v) is 8.79. The number of hydrogen-bond donors (Lipinski definition) is 2. The van der Waals surface area contributed by atoms with E-state index in [-0.39, 0.29) is 18.7 Å². The fourth-order valence-electron chi connectivity index (χ4n) is 4.65. The van der Waals surface area contributed by atoms with E-state index in [0.29, 0.717) is 17.2 Å². The maximum Gasteiger partial charge on any atom is 0.262 e. The molecule has 1 aromatic rings. The van der Waals surface area contributed by atoms with Crippen LogP contribution in [0, 0.1) is 5.92 Å². The highest BCUT2D eigenvalue weighted by atomic mass is 16.2. The number of anilines is 1. The summed E-state index contributed by atoms with van der Waals surface area (Å²) in [6, 6.07) is 4.97. The topological polar surface area (TPSA) is 98.8 Å². The lowest BCUT2D eigenvalue weighted by Gasteiger charge is -2.34. The largest absolute Gasteiger partial charge is 0.371 e. The van der Waals surface area contributed by atoms with Crippen molar-refractivity contribution < 1.29 is 19.2 Å². The Bertz CT molecular complexity index is 918. The molecule has 4 amide bonds. The van der Waals surface area contributed by atoms with Crippen molar-refractivity contribution in [3.05, 3.63) is 29.3 Å². The zero-order valence-corrected chi connectivity index (χ0v) is 16.9. The Hall–Kier alpha value is -2.74. The van der Waals surface area contributed by atoms with E-state index in [1.807, 2.05) is 6.07 Å². The second-order valence-electron chi connectivity index (χ2n) is 8.79. The van der Waals surface area contributed by atoms with Gasteiger partial charge in [-0.15, -0.1) is 0 Å². The van der Waals surface area contributed by atoms with Crippen molar-refractivity contribution >= 4 is 29.3 Å². The van der Waals surface area contributed by atoms with Gasteiger partial charge in [0.2, 0.25) is 11.8 Å². The molecule has 3 fully saturated rings. The van der Waals surface area contributed by atoms with Crippen molar-refractivity contribution in [1.82, 2.24) is 15.5 Å². The van der Waals surface area contributed by atoms with Gasteiger partial charge in [-0.25, -0.2) is 0 Å². The van der Waals surface area contributed by atoms with Crippen LogP contribution in [0.25, 0.3) is 0 Å². The van der Waals surface area contributed by atoms with Crippen molar-refractivity contribution in [2.45, 2.75) is 50.6 Å². The van der Waals surface area contributed by atoms with E-state index < -0.39 is 23.8 Å². The highest BCUT2D eigenvalue weighted by Gasteiger charge is 2.44. The fourth-order valence-corrected chi connectivity index (χ4v) is 4.65. The highest BCUT2D eigenvalue weighted by molar-refractivity contribution is 6.23. The lowest BCUT2D eigenvalue weighted by Crippen LogP contribution is -2.54. The maximum absolute atomic E-state index is 13.0. The summed E-state index contributed by atoms with van der Waals surface area (Å²) in [6.45, 7) is 2.93. The minimum atomic E-state index is -0.924. The van der Waals surface area contributed by atoms with E-state index in [4.69, 9.17) is 0 Å². The molecule has 3 heterocycles. The first-order chi connectivity index (χ1) is 14.5. The molecule has 8 heteroatoms. The average molecular weight is 410 g/mol. The predicted octanol–water partition coefficient (Wildman–Crippen LogP) is 1.06. The Labute approximate surface area is 175 Å². The molecule has 1 aliphatic carbocycles. The lowest BCUT2D eigenvalue weighted by atomic mass is 10.0. The molecule has 158 valence electrons. The van der Waals surface area contributed by atoms with Gasteiger partial charge in [-0.1, -0.05) is 0 Å². The van der Waals surface area contributed by atoms with Crippen LogP contribution in [0.1, 0.15) is 59.2 Å². The molecule has 3 aliphatic heterocycles. The Kier molecular flexibility index (Phi) is 4.81. The van der Waals surface area contributed by atoms with Gasteiger partial charge in [0, 0.05) is 31.2 Å². The van der Waals surface area contributed by atoms with Crippen molar-refractivity contribution in [2.75, 3.05) is 24.5 Å². The standard InChI is InChI=1S/C22H26N4O4/c27-19-6-5-18(20(28)24-19)26-21(29)16-4-3-15(11-17(16)22(26)30)25-9-7-14(8-10-25)23-12-13-1-2-13/h3-4,11,13-14,18,23H,1-2,5-10,12H2,(H,24,27,28). The van der Waals surface area contributed by atoms with Gasteiger partial charge in [-0.3, -0.25) is 29.4 Å². The Morgan fingerprint density at radius 1 is 0.933 bits per heavy atom. The van der Waals surface area contributed by atoms with Crippen LogP contribution in [-0.4, -0.2) is 60.2 Å². The van der Waals surface area contributed by atoms with Crippen LogP contribution in [0.3, 0.4) is 0 Å². The van der Waals surface area contributed by atoms with Gasteiger partial charge >= 0.3 is 0 Å². The number of nitrogens with one attached hydrogen (secondary N) is 2. The summed E-state index contributed by atoms with van der Waals surface area (Å²) in [6.07, 6.45) is 5.11. The summed E-state index contributed by atoms with van der Waals surface area (Å²) < 4.78 is 0. The van der Waals surface area contributed by atoms with Crippen LogP contribution in [0.4, 0.5) is 5.69 Å².